The van der Waals surface area contributed by atoms with Crippen molar-refractivity contribution in [2.75, 3.05) is 0 Å². The molecule has 0 aliphatic rings. The number of H-pyrrole nitrogens is 1. The lowest BCUT2D eigenvalue weighted by Crippen LogP contribution is -1.90. The number of hydrogen-bond donors (Lipinski definition) is 1. The summed E-state index contributed by atoms with van der Waals surface area (Å²) in [6.45, 7) is 0. The fourth-order valence-electron chi connectivity index (χ4n) is 3.93. The van der Waals surface area contributed by atoms with E-state index in [0.29, 0.717) is 0 Å². The Morgan fingerprint density at radius 2 is 1.52 bits per heavy atom. The highest BCUT2D eigenvalue weighted by Crippen LogP contribution is 2.29. The molecule has 4 heteroatoms. The van der Waals surface area contributed by atoms with Gasteiger partial charge >= 0.3 is 0 Å². The van der Waals surface area contributed by atoms with Crippen LogP contribution in [0.5, 0.6) is 0 Å². The van der Waals surface area contributed by atoms with Crippen molar-refractivity contribution in [1.29, 1.82) is 0 Å². The van der Waals surface area contributed by atoms with Crippen molar-refractivity contribution in [3.63, 3.8) is 0 Å². The Morgan fingerprint density at radius 3 is 2.35 bits per heavy atom. The van der Waals surface area contributed by atoms with Crippen LogP contribution in [-0.2, 0) is 6.42 Å². The molecule has 6 aromatic rings. The molecule has 0 amide bonds. The lowest BCUT2D eigenvalue weighted by molar-refractivity contribution is 0.631. The molecular weight excluding hydrogens is 382 g/mol. The maximum Gasteiger partial charge on any atom is 0.177 e. The molecule has 0 aliphatic heterocycles. The summed E-state index contributed by atoms with van der Waals surface area (Å²) >= 11 is 0. The number of fused-ring (bicyclic) bond motifs is 2. The molecule has 0 bridgehead atoms. The molecule has 3 heterocycles. The van der Waals surface area contributed by atoms with Crippen LogP contribution in [0, 0.1) is 0 Å². The number of benzene rings is 3. The molecule has 0 radical (unpaired) electrons. The number of pyridine rings is 1. The van der Waals surface area contributed by atoms with Gasteiger partial charge in [-0.3, -0.25) is 0 Å². The van der Waals surface area contributed by atoms with Crippen LogP contribution in [0.25, 0.3) is 44.6 Å². The maximum atomic E-state index is 5.98. The first-order valence-corrected chi connectivity index (χ1v) is 10.3. The summed E-state index contributed by atoms with van der Waals surface area (Å²) < 4.78 is 5.98. The molecule has 3 aromatic heterocycles. The largest absolute Gasteiger partial charge is 0.456 e. The Labute approximate surface area is 179 Å². The van der Waals surface area contributed by atoms with Gasteiger partial charge in [0.25, 0.3) is 0 Å². The zero-order chi connectivity index (χ0) is 20.6. The summed E-state index contributed by atoms with van der Waals surface area (Å²) in [6, 6.07) is 31.1. The van der Waals surface area contributed by atoms with Crippen molar-refractivity contribution in [2.45, 2.75) is 6.42 Å². The van der Waals surface area contributed by atoms with Crippen LogP contribution in [-0.4, -0.2) is 15.0 Å². The van der Waals surface area contributed by atoms with E-state index in [4.69, 9.17) is 4.42 Å². The van der Waals surface area contributed by atoms with E-state index in [1.807, 2.05) is 42.6 Å². The van der Waals surface area contributed by atoms with Crippen LogP contribution in [0.1, 0.15) is 11.4 Å². The number of imidazole rings is 1. The zero-order valence-corrected chi connectivity index (χ0v) is 16.7. The molecule has 0 spiro atoms. The Morgan fingerprint density at radius 1 is 0.742 bits per heavy atom. The Balaban J connectivity index is 1.27. The Bertz CT molecular complexity index is 1460. The minimum Gasteiger partial charge on any atom is -0.456 e. The third-order valence-electron chi connectivity index (χ3n) is 5.53. The molecule has 0 saturated heterocycles. The maximum absolute atomic E-state index is 5.98. The van der Waals surface area contributed by atoms with E-state index in [1.54, 1.807) is 0 Å². The number of para-hydroxylation sites is 1. The van der Waals surface area contributed by atoms with Gasteiger partial charge in [0.05, 0.1) is 5.52 Å². The number of aromatic nitrogens is 3. The zero-order valence-electron chi connectivity index (χ0n) is 16.7. The van der Waals surface area contributed by atoms with Gasteiger partial charge in [0, 0.05) is 23.6 Å². The minimum absolute atomic E-state index is 0.718. The van der Waals surface area contributed by atoms with Crippen LogP contribution >= 0.6 is 0 Å². The van der Waals surface area contributed by atoms with Gasteiger partial charge in [0.2, 0.25) is 0 Å². The van der Waals surface area contributed by atoms with E-state index in [0.717, 1.165) is 45.7 Å². The molecule has 3 aromatic carbocycles. The molecule has 148 valence electrons. The van der Waals surface area contributed by atoms with Gasteiger partial charge < -0.3 is 9.40 Å². The predicted octanol–water partition coefficient (Wildman–Crippen LogP) is 6.63. The van der Waals surface area contributed by atoms with Crippen LogP contribution in [0.4, 0.5) is 0 Å². The second-order valence-electron chi connectivity index (χ2n) is 7.67. The number of rotatable bonds is 4. The topological polar surface area (TPSA) is 54.7 Å². The van der Waals surface area contributed by atoms with Gasteiger partial charge in [0.1, 0.15) is 17.2 Å². The number of furan rings is 1. The summed E-state index contributed by atoms with van der Waals surface area (Å²) in [5, 5.41) is 1.09. The highest BCUT2D eigenvalue weighted by atomic mass is 16.3. The third-order valence-corrected chi connectivity index (χ3v) is 5.53. The Hall–Kier alpha value is -4.18. The van der Waals surface area contributed by atoms with Crippen molar-refractivity contribution in [3.8, 4) is 22.5 Å². The fraction of sp³-hybridized carbons (Fsp3) is 0.0370. The molecule has 0 unspecified atom stereocenters. The fourth-order valence-corrected chi connectivity index (χ4v) is 3.93. The van der Waals surface area contributed by atoms with E-state index in [2.05, 4.69) is 69.5 Å². The SMILES string of the molecule is c1ccc(-c2ccc(Cc3nc4ncc(-c5cc6ccccc6o5)cc4[nH]3)cc2)cc1. The number of nitrogens with one attached hydrogen (secondary N) is 1. The van der Waals surface area contributed by atoms with Crippen LogP contribution in [0.2, 0.25) is 0 Å². The van der Waals surface area contributed by atoms with Gasteiger partial charge in [-0.1, -0.05) is 72.8 Å². The average molecular weight is 401 g/mol. The van der Waals surface area contributed by atoms with Gasteiger partial charge in [-0.15, -0.1) is 0 Å². The van der Waals surface area contributed by atoms with E-state index in [-0.39, 0.29) is 0 Å². The summed E-state index contributed by atoms with van der Waals surface area (Å²) in [5.74, 6) is 1.71. The van der Waals surface area contributed by atoms with Crippen LogP contribution in [0.15, 0.2) is 102 Å². The normalized spacial score (nSPS) is 11.4. The molecule has 31 heavy (non-hydrogen) atoms. The second kappa shape index (κ2) is 7.26. The summed E-state index contributed by atoms with van der Waals surface area (Å²) in [7, 11) is 0. The number of hydrogen-bond acceptors (Lipinski definition) is 3. The molecule has 0 fully saturated rings. The molecule has 1 N–H and O–H groups in total. The minimum atomic E-state index is 0.718. The highest BCUT2D eigenvalue weighted by Gasteiger charge is 2.10. The van der Waals surface area contributed by atoms with E-state index < -0.39 is 0 Å². The summed E-state index contributed by atoms with van der Waals surface area (Å²) in [5.41, 5.74) is 7.08. The lowest BCUT2D eigenvalue weighted by Gasteiger charge is -2.03. The second-order valence-corrected chi connectivity index (χ2v) is 7.67. The van der Waals surface area contributed by atoms with Crippen LogP contribution in [0.3, 0.4) is 0 Å². The number of aromatic amines is 1. The predicted molar refractivity (Wildman–Crippen MR) is 124 cm³/mol. The molecule has 6 rings (SSSR count). The van der Waals surface area contributed by atoms with Crippen molar-refractivity contribution in [3.05, 3.63) is 109 Å². The first kappa shape index (κ1) is 17.7. The smallest absolute Gasteiger partial charge is 0.177 e. The molecule has 0 aliphatic carbocycles. The lowest BCUT2D eigenvalue weighted by atomic mass is 10.0. The Kier molecular flexibility index (Phi) is 4.13. The van der Waals surface area contributed by atoms with Gasteiger partial charge in [-0.2, -0.15) is 0 Å². The first-order chi connectivity index (χ1) is 15.3. The van der Waals surface area contributed by atoms with Crippen molar-refractivity contribution in [1.82, 2.24) is 15.0 Å². The van der Waals surface area contributed by atoms with Crippen molar-refractivity contribution >= 4 is 22.1 Å². The average Bonchev–Trinajstić information content (AvgIpc) is 3.43. The van der Waals surface area contributed by atoms with E-state index in [9.17, 15) is 0 Å². The molecule has 4 nitrogen and oxygen atoms in total. The standard InChI is InChI=1S/C27H19N3O/c1-2-6-19(7-3-1)20-12-10-18(11-13-20)14-26-29-23-15-22(17-28-27(23)30-26)25-16-21-8-4-5-9-24(21)31-25/h1-13,15-17H,14H2,(H,28,29,30). The molecule has 0 saturated carbocycles. The van der Waals surface area contributed by atoms with E-state index in [1.165, 1.54) is 16.7 Å². The van der Waals surface area contributed by atoms with E-state index >= 15 is 0 Å². The van der Waals surface area contributed by atoms with Crippen molar-refractivity contribution < 1.29 is 4.42 Å². The van der Waals surface area contributed by atoms with Gasteiger partial charge in [-0.25, -0.2) is 9.97 Å². The molecule has 0 atom stereocenters. The van der Waals surface area contributed by atoms with Crippen LogP contribution < -0.4 is 0 Å². The summed E-state index contributed by atoms with van der Waals surface area (Å²) in [4.78, 5) is 12.6. The summed E-state index contributed by atoms with van der Waals surface area (Å²) in [6.07, 6.45) is 2.55. The van der Waals surface area contributed by atoms with Gasteiger partial charge in [-0.05, 0) is 34.9 Å². The monoisotopic (exact) mass is 401 g/mol. The molecular formula is C27H19N3O. The quantitative estimate of drug-likeness (QED) is 0.361. The first-order valence-electron chi connectivity index (χ1n) is 10.3. The third kappa shape index (κ3) is 3.38. The van der Waals surface area contributed by atoms with Gasteiger partial charge in [0.15, 0.2) is 5.65 Å². The highest BCUT2D eigenvalue weighted by molar-refractivity contribution is 5.84. The van der Waals surface area contributed by atoms with Crippen molar-refractivity contribution in [2.24, 2.45) is 0 Å². The number of nitrogens with zero attached hydrogens (tertiary/aromatic N) is 2.